The molecule has 2 heteroatoms. The highest BCUT2D eigenvalue weighted by molar-refractivity contribution is 5.32. The fourth-order valence-electron chi connectivity index (χ4n) is 2.15. The molecule has 0 aliphatic heterocycles. The summed E-state index contributed by atoms with van der Waals surface area (Å²) in [5.74, 6) is 2.21. The third-order valence-electron chi connectivity index (χ3n) is 3.00. The van der Waals surface area contributed by atoms with E-state index in [0.29, 0.717) is 12.5 Å². The Morgan fingerprint density at radius 2 is 2.17 bits per heavy atom. The monoisotopic (exact) mass is 167 g/mol. The van der Waals surface area contributed by atoms with Crippen molar-refractivity contribution in [1.29, 1.82) is 0 Å². The molecule has 3 atom stereocenters. The topological polar surface area (TPSA) is 29.4 Å². The number of isocyanates is 1. The molecule has 0 N–H and O–H groups in total. The Balaban J connectivity index is 2.39. The van der Waals surface area contributed by atoms with E-state index in [1.165, 1.54) is 19.3 Å². The molecule has 1 aliphatic rings. The van der Waals surface area contributed by atoms with Crippen LogP contribution in [0.3, 0.4) is 0 Å². The summed E-state index contributed by atoms with van der Waals surface area (Å²) in [5.41, 5.74) is 0. The van der Waals surface area contributed by atoms with E-state index in [2.05, 4.69) is 18.8 Å². The summed E-state index contributed by atoms with van der Waals surface area (Å²) in [6.45, 7) is 5.26. The van der Waals surface area contributed by atoms with Gasteiger partial charge in [0.25, 0.3) is 0 Å². The summed E-state index contributed by atoms with van der Waals surface area (Å²) < 4.78 is 0. The lowest BCUT2D eigenvalue weighted by molar-refractivity contribution is 0.211. The summed E-state index contributed by atoms with van der Waals surface area (Å²) in [7, 11) is 0. The molecule has 1 rings (SSSR count). The van der Waals surface area contributed by atoms with Crippen molar-refractivity contribution < 1.29 is 4.79 Å². The van der Waals surface area contributed by atoms with Gasteiger partial charge in [-0.25, -0.2) is 9.79 Å². The summed E-state index contributed by atoms with van der Waals surface area (Å²) in [6, 6.07) is 0. The highest BCUT2D eigenvalue weighted by atomic mass is 16.1. The highest BCUT2D eigenvalue weighted by Gasteiger charge is 2.24. The first kappa shape index (κ1) is 9.47. The summed E-state index contributed by atoms with van der Waals surface area (Å²) in [6.07, 6.45) is 5.44. The van der Waals surface area contributed by atoms with E-state index in [9.17, 15) is 4.79 Å². The minimum absolute atomic E-state index is 0.627. The fraction of sp³-hybridized carbons (Fsp3) is 0.900. The SMILES string of the molecule is CC1CCC(CN=C=O)C(C)C1. The molecule has 68 valence electrons. The van der Waals surface area contributed by atoms with Crippen LogP contribution in [0.1, 0.15) is 33.1 Å². The Bertz CT molecular complexity index is 184. The van der Waals surface area contributed by atoms with Gasteiger partial charge in [-0.2, -0.15) is 0 Å². The predicted octanol–water partition coefficient (Wildman–Crippen LogP) is 2.39. The zero-order chi connectivity index (χ0) is 8.97. The van der Waals surface area contributed by atoms with Gasteiger partial charge < -0.3 is 0 Å². The van der Waals surface area contributed by atoms with Crippen molar-refractivity contribution in [3.63, 3.8) is 0 Å². The Morgan fingerprint density at radius 1 is 1.42 bits per heavy atom. The van der Waals surface area contributed by atoms with Gasteiger partial charge in [0.1, 0.15) is 0 Å². The van der Waals surface area contributed by atoms with E-state index < -0.39 is 0 Å². The van der Waals surface area contributed by atoms with Crippen LogP contribution >= 0.6 is 0 Å². The zero-order valence-corrected chi connectivity index (χ0v) is 7.92. The number of hydrogen-bond acceptors (Lipinski definition) is 2. The predicted molar refractivity (Wildman–Crippen MR) is 48.7 cm³/mol. The molecule has 0 aromatic heterocycles. The van der Waals surface area contributed by atoms with Gasteiger partial charge >= 0.3 is 0 Å². The molecule has 3 unspecified atom stereocenters. The van der Waals surface area contributed by atoms with Crippen molar-refractivity contribution in [2.45, 2.75) is 33.1 Å². The third-order valence-corrected chi connectivity index (χ3v) is 3.00. The molecule has 1 saturated carbocycles. The van der Waals surface area contributed by atoms with Crippen LogP contribution in [0.15, 0.2) is 4.99 Å². The van der Waals surface area contributed by atoms with Gasteiger partial charge in [-0.05, 0) is 30.6 Å². The van der Waals surface area contributed by atoms with Gasteiger partial charge in [0, 0.05) is 0 Å². The van der Waals surface area contributed by atoms with Gasteiger partial charge in [-0.3, -0.25) is 0 Å². The lowest BCUT2D eigenvalue weighted by atomic mass is 9.76. The van der Waals surface area contributed by atoms with E-state index in [0.717, 1.165) is 11.8 Å². The molecular weight excluding hydrogens is 150 g/mol. The maximum atomic E-state index is 9.93. The Kier molecular flexibility index (Phi) is 3.48. The van der Waals surface area contributed by atoms with Crippen LogP contribution in [0.5, 0.6) is 0 Å². The van der Waals surface area contributed by atoms with Crippen molar-refractivity contribution in [3.05, 3.63) is 0 Å². The lowest BCUT2D eigenvalue weighted by Gasteiger charge is -2.31. The summed E-state index contributed by atoms with van der Waals surface area (Å²) in [5, 5.41) is 0. The largest absolute Gasteiger partial charge is 0.234 e. The molecule has 0 spiro atoms. The number of hydrogen-bond donors (Lipinski definition) is 0. The standard InChI is InChI=1S/C10H17NO/c1-8-3-4-10(6-11-7-12)9(2)5-8/h8-10H,3-6H2,1-2H3. The maximum Gasteiger partial charge on any atom is 0.234 e. The van der Waals surface area contributed by atoms with E-state index in [-0.39, 0.29) is 0 Å². The minimum Gasteiger partial charge on any atom is -0.211 e. The van der Waals surface area contributed by atoms with E-state index >= 15 is 0 Å². The van der Waals surface area contributed by atoms with Crippen molar-refractivity contribution in [2.75, 3.05) is 6.54 Å². The molecule has 0 bridgehead atoms. The average Bonchev–Trinajstić information content (AvgIpc) is 2.03. The number of carbonyl (C=O) groups excluding carboxylic acids is 1. The molecule has 0 radical (unpaired) electrons. The second-order valence-electron chi connectivity index (χ2n) is 4.09. The lowest BCUT2D eigenvalue weighted by Crippen LogP contribution is -2.23. The summed E-state index contributed by atoms with van der Waals surface area (Å²) in [4.78, 5) is 13.6. The smallest absolute Gasteiger partial charge is 0.211 e. The number of nitrogens with zero attached hydrogens (tertiary/aromatic N) is 1. The van der Waals surface area contributed by atoms with Crippen LogP contribution in [-0.2, 0) is 4.79 Å². The van der Waals surface area contributed by atoms with Crippen LogP contribution in [0.25, 0.3) is 0 Å². The van der Waals surface area contributed by atoms with Crippen LogP contribution in [-0.4, -0.2) is 12.6 Å². The Morgan fingerprint density at radius 3 is 2.75 bits per heavy atom. The molecule has 0 aromatic rings. The van der Waals surface area contributed by atoms with Gasteiger partial charge in [-0.1, -0.05) is 20.3 Å². The van der Waals surface area contributed by atoms with Crippen LogP contribution < -0.4 is 0 Å². The van der Waals surface area contributed by atoms with Gasteiger partial charge in [0.15, 0.2) is 0 Å². The first-order valence-corrected chi connectivity index (χ1v) is 4.77. The molecule has 2 nitrogen and oxygen atoms in total. The maximum absolute atomic E-state index is 9.93. The van der Waals surface area contributed by atoms with Crippen LogP contribution in [0.2, 0.25) is 0 Å². The highest BCUT2D eigenvalue weighted by Crippen LogP contribution is 2.33. The molecule has 0 aromatic carbocycles. The molecule has 0 amide bonds. The zero-order valence-electron chi connectivity index (χ0n) is 7.92. The van der Waals surface area contributed by atoms with Gasteiger partial charge in [-0.15, -0.1) is 0 Å². The van der Waals surface area contributed by atoms with Crippen LogP contribution in [0, 0.1) is 17.8 Å². The van der Waals surface area contributed by atoms with Gasteiger partial charge in [0.05, 0.1) is 6.54 Å². The summed E-state index contributed by atoms with van der Waals surface area (Å²) >= 11 is 0. The van der Waals surface area contributed by atoms with E-state index in [1.54, 1.807) is 6.08 Å². The second kappa shape index (κ2) is 4.42. The third kappa shape index (κ3) is 2.46. The van der Waals surface area contributed by atoms with E-state index in [1.807, 2.05) is 0 Å². The van der Waals surface area contributed by atoms with Crippen molar-refractivity contribution in [1.82, 2.24) is 0 Å². The number of rotatable bonds is 2. The first-order chi connectivity index (χ1) is 5.74. The molecule has 0 saturated heterocycles. The van der Waals surface area contributed by atoms with Gasteiger partial charge in [0.2, 0.25) is 6.08 Å². The molecule has 1 fully saturated rings. The van der Waals surface area contributed by atoms with Crippen LogP contribution in [0.4, 0.5) is 0 Å². The average molecular weight is 167 g/mol. The second-order valence-corrected chi connectivity index (χ2v) is 4.09. The van der Waals surface area contributed by atoms with Crippen molar-refractivity contribution in [2.24, 2.45) is 22.7 Å². The molecule has 12 heavy (non-hydrogen) atoms. The normalized spacial score (nSPS) is 35.7. The van der Waals surface area contributed by atoms with Crippen molar-refractivity contribution in [3.8, 4) is 0 Å². The molecule has 0 heterocycles. The Hall–Kier alpha value is -0.620. The Labute approximate surface area is 74.1 Å². The van der Waals surface area contributed by atoms with E-state index in [4.69, 9.17) is 0 Å². The quantitative estimate of drug-likeness (QED) is 0.458. The van der Waals surface area contributed by atoms with Crippen molar-refractivity contribution >= 4 is 6.08 Å². The first-order valence-electron chi connectivity index (χ1n) is 4.77. The molecular formula is C10H17NO. The molecule has 1 aliphatic carbocycles. The number of aliphatic imine (C=N–C) groups is 1. The fourth-order valence-corrected chi connectivity index (χ4v) is 2.15. The minimum atomic E-state index is 0.627.